The second kappa shape index (κ2) is 5.57. The van der Waals surface area contributed by atoms with Gasteiger partial charge in [0.05, 0.1) is 18.4 Å². The molecule has 4 heteroatoms. The van der Waals surface area contributed by atoms with Crippen LogP contribution in [0.25, 0.3) is 0 Å². The van der Waals surface area contributed by atoms with Crippen LogP contribution >= 0.6 is 15.9 Å². The molecule has 0 aliphatic heterocycles. The highest BCUT2D eigenvalue weighted by atomic mass is 79.9. The molecule has 0 amide bonds. The first-order valence-electron chi connectivity index (χ1n) is 4.73. The van der Waals surface area contributed by atoms with Crippen molar-refractivity contribution < 1.29 is 9.59 Å². The lowest BCUT2D eigenvalue weighted by atomic mass is 9.92. The molecule has 0 aliphatic carbocycles. The van der Waals surface area contributed by atoms with Crippen LogP contribution in [0.2, 0.25) is 0 Å². The molecule has 0 spiro atoms. The number of Topliss-reactive ketones (excluding diaryl/α,β-unsaturated/α-hetero) is 2. The third-order valence-electron chi connectivity index (χ3n) is 2.21. The smallest absolute Gasteiger partial charge is 0.174 e. The molecule has 1 aromatic rings. The number of ketones is 2. The standard InChI is InChI=1S/C12H10BrNO2/c1-8(15)11(5-6-14)12(16)9-3-2-4-10(13)7-9/h2-4,7,11H,5H2,1H3. The molecular weight excluding hydrogens is 270 g/mol. The Morgan fingerprint density at radius 3 is 2.69 bits per heavy atom. The summed E-state index contributed by atoms with van der Waals surface area (Å²) in [6.45, 7) is 1.33. The van der Waals surface area contributed by atoms with Crippen LogP contribution in [-0.2, 0) is 4.79 Å². The number of carbonyl (C=O) groups excluding carboxylic acids is 2. The van der Waals surface area contributed by atoms with Gasteiger partial charge in [-0.2, -0.15) is 5.26 Å². The van der Waals surface area contributed by atoms with Gasteiger partial charge >= 0.3 is 0 Å². The van der Waals surface area contributed by atoms with Crippen molar-refractivity contribution in [1.29, 1.82) is 5.26 Å². The van der Waals surface area contributed by atoms with Gasteiger partial charge in [0, 0.05) is 10.0 Å². The Balaban J connectivity index is 3.00. The van der Waals surface area contributed by atoms with Crippen LogP contribution in [-0.4, -0.2) is 11.6 Å². The average molecular weight is 280 g/mol. The topological polar surface area (TPSA) is 57.9 Å². The van der Waals surface area contributed by atoms with Gasteiger partial charge in [-0.1, -0.05) is 28.1 Å². The number of nitriles is 1. The molecule has 0 bridgehead atoms. The van der Waals surface area contributed by atoms with E-state index in [9.17, 15) is 9.59 Å². The molecule has 82 valence electrons. The summed E-state index contributed by atoms with van der Waals surface area (Å²) in [6.07, 6.45) is -0.0688. The molecule has 0 radical (unpaired) electrons. The molecule has 1 unspecified atom stereocenters. The van der Waals surface area contributed by atoms with Gasteiger partial charge in [0.25, 0.3) is 0 Å². The molecule has 1 rings (SSSR count). The average Bonchev–Trinajstić information content (AvgIpc) is 2.24. The van der Waals surface area contributed by atoms with Gasteiger partial charge in [-0.25, -0.2) is 0 Å². The van der Waals surface area contributed by atoms with E-state index >= 15 is 0 Å². The van der Waals surface area contributed by atoms with Gasteiger partial charge in [-0.15, -0.1) is 0 Å². The van der Waals surface area contributed by atoms with Crippen molar-refractivity contribution in [2.24, 2.45) is 5.92 Å². The largest absolute Gasteiger partial charge is 0.299 e. The van der Waals surface area contributed by atoms with Crippen molar-refractivity contribution in [3.05, 3.63) is 34.3 Å². The molecule has 0 saturated heterocycles. The Morgan fingerprint density at radius 1 is 1.50 bits per heavy atom. The first kappa shape index (κ1) is 12.6. The minimum Gasteiger partial charge on any atom is -0.299 e. The summed E-state index contributed by atoms with van der Waals surface area (Å²) in [6, 6.07) is 8.67. The van der Waals surface area contributed by atoms with Gasteiger partial charge in [0.2, 0.25) is 0 Å². The fourth-order valence-corrected chi connectivity index (χ4v) is 1.75. The number of hydrogen-bond acceptors (Lipinski definition) is 3. The van der Waals surface area contributed by atoms with Gasteiger partial charge in [0.1, 0.15) is 5.78 Å². The van der Waals surface area contributed by atoms with E-state index < -0.39 is 5.92 Å². The zero-order valence-electron chi connectivity index (χ0n) is 8.74. The first-order valence-corrected chi connectivity index (χ1v) is 5.52. The van der Waals surface area contributed by atoms with E-state index in [4.69, 9.17) is 5.26 Å². The zero-order valence-corrected chi connectivity index (χ0v) is 10.3. The molecule has 0 saturated carbocycles. The molecule has 0 heterocycles. The molecule has 0 aromatic heterocycles. The van der Waals surface area contributed by atoms with Gasteiger partial charge < -0.3 is 0 Å². The molecule has 1 atom stereocenters. The Morgan fingerprint density at radius 2 is 2.19 bits per heavy atom. The maximum Gasteiger partial charge on any atom is 0.174 e. The lowest BCUT2D eigenvalue weighted by Crippen LogP contribution is -2.21. The quantitative estimate of drug-likeness (QED) is 0.629. The molecule has 0 aliphatic rings. The molecule has 0 N–H and O–H groups in total. The first-order chi connectivity index (χ1) is 7.56. The highest BCUT2D eigenvalue weighted by Crippen LogP contribution is 2.17. The third-order valence-corrected chi connectivity index (χ3v) is 2.71. The van der Waals surface area contributed by atoms with Crippen molar-refractivity contribution in [1.82, 2.24) is 0 Å². The SMILES string of the molecule is CC(=O)C(CC#N)C(=O)c1cccc(Br)c1. The fourth-order valence-electron chi connectivity index (χ4n) is 1.36. The summed E-state index contributed by atoms with van der Waals surface area (Å²) in [7, 11) is 0. The predicted octanol–water partition coefficient (Wildman–Crippen LogP) is 2.75. The van der Waals surface area contributed by atoms with Crippen LogP contribution < -0.4 is 0 Å². The zero-order chi connectivity index (χ0) is 12.1. The Hall–Kier alpha value is -1.47. The van der Waals surface area contributed by atoms with Crippen LogP contribution in [0.1, 0.15) is 23.7 Å². The lowest BCUT2D eigenvalue weighted by Gasteiger charge is -2.08. The van der Waals surface area contributed by atoms with Crippen LogP contribution in [0.15, 0.2) is 28.7 Å². The maximum absolute atomic E-state index is 11.9. The Bertz CT molecular complexity index is 462. The highest BCUT2D eigenvalue weighted by molar-refractivity contribution is 9.10. The number of rotatable bonds is 4. The normalized spacial score (nSPS) is 11.6. The van der Waals surface area contributed by atoms with Crippen LogP contribution in [0.3, 0.4) is 0 Å². The van der Waals surface area contributed by atoms with Gasteiger partial charge in [-0.05, 0) is 19.1 Å². The monoisotopic (exact) mass is 279 g/mol. The Kier molecular flexibility index (Phi) is 4.39. The summed E-state index contributed by atoms with van der Waals surface area (Å²) < 4.78 is 0.776. The fraction of sp³-hybridized carbons (Fsp3) is 0.250. The van der Waals surface area contributed by atoms with Crippen molar-refractivity contribution in [3.63, 3.8) is 0 Å². The van der Waals surface area contributed by atoms with E-state index in [0.717, 1.165) is 4.47 Å². The second-order valence-corrected chi connectivity index (χ2v) is 4.32. The van der Waals surface area contributed by atoms with E-state index in [-0.39, 0.29) is 18.0 Å². The van der Waals surface area contributed by atoms with Crippen molar-refractivity contribution in [2.75, 3.05) is 0 Å². The van der Waals surface area contributed by atoms with Crippen LogP contribution in [0.5, 0.6) is 0 Å². The molecule has 16 heavy (non-hydrogen) atoms. The third kappa shape index (κ3) is 3.01. The summed E-state index contributed by atoms with van der Waals surface area (Å²) in [4.78, 5) is 23.2. The summed E-state index contributed by atoms with van der Waals surface area (Å²) in [5, 5.41) is 8.57. The van der Waals surface area contributed by atoms with Crippen LogP contribution in [0, 0.1) is 17.2 Å². The summed E-state index contributed by atoms with van der Waals surface area (Å²) in [5.74, 6) is -1.42. The van der Waals surface area contributed by atoms with E-state index in [2.05, 4.69) is 15.9 Å². The van der Waals surface area contributed by atoms with E-state index in [0.29, 0.717) is 5.56 Å². The molecular formula is C12H10BrNO2. The van der Waals surface area contributed by atoms with Crippen LogP contribution in [0.4, 0.5) is 0 Å². The van der Waals surface area contributed by atoms with Gasteiger partial charge in [0.15, 0.2) is 5.78 Å². The number of nitrogens with zero attached hydrogens (tertiary/aromatic N) is 1. The summed E-state index contributed by atoms with van der Waals surface area (Å²) >= 11 is 3.25. The number of halogens is 1. The molecule has 0 fully saturated rings. The number of benzene rings is 1. The molecule has 1 aromatic carbocycles. The van der Waals surface area contributed by atoms with E-state index in [1.165, 1.54) is 6.92 Å². The lowest BCUT2D eigenvalue weighted by molar-refractivity contribution is -0.119. The number of hydrogen-bond donors (Lipinski definition) is 0. The highest BCUT2D eigenvalue weighted by Gasteiger charge is 2.24. The van der Waals surface area contributed by atoms with Crippen molar-refractivity contribution in [2.45, 2.75) is 13.3 Å². The van der Waals surface area contributed by atoms with E-state index in [1.807, 2.05) is 6.07 Å². The number of carbonyl (C=O) groups is 2. The van der Waals surface area contributed by atoms with E-state index in [1.54, 1.807) is 24.3 Å². The minimum absolute atomic E-state index is 0.0688. The second-order valence-electron chi connectivity index (χ2n) is 3.40. The molecule has 3 nitrogen and oxygen atoms in total. The maximum atomic E-state index is 11.9. The van der Waals surface area contributed by atoms with Crippen molar-refractivity contribution >= 4 is 27.5 Å². The Labute approximate surface area is 102 Å². The minimum atomic E-state index is -0.848. The van der Waals surface area contributed by atoms with Gasteiger partial charge in [-0.3, -0.25) is 9.59 Å². The summed E-state index contributed by atoms with van der Waals surface area (Å²) in [5.41, 5.74) is 0.449. The predicted molar refractivity (Wildman–Crippen MR) is 62.9 cm³/mol. The van der Waals surface area contributed by atoms with Crippen molar-refractivity contribution in [3.8, 4) is 6.07 Å².